The van der Waals surface area contributed by atoms with E-state index in [0.29, 0.717) is 0 Å². The SMILES string of the molecule is COC(=O)/C=C1\CCCCCC(Cc2ccccc2)O1. The van der Waals surface area contributed by atoms with Crippen LogP contribution in [0.2, 0.25) is 0 Å². The fraction of sp³-hybridized carbons (Fsp3) is 0.471. The first-order chi connectivity index (χ1) is 9.78. The van der Waals surface area contributed by atoms with E-state index in [9.17, 15) is 4.79 Å². The number of rotatable bonds is 3. The number of methoxy groups -OCH3 is 1. The summed E-state index contributed by atoms with van der Waals surface area (Å²) in [5, 5.41) is 0. The third-order valence-corrected chi connectivity index (χ3v) is 3.55. The largest absolute Gasteiger partial charge is 0.494 e. The summed E-state index contributed by atoms with van der Waals surface area (Å²) >= 11 is 0. The third kappa shape index (κ3) is 4.72. The molecule has 0 amide bonds. The summed E-state index contributed by atoms with van der Waals surface area (Å²) in [5.41, 5.74) is 1.27. The molecule has 20 heavy (non-hydrogen) atoms. The molecule has 0 radical (unpaired) electrons. The zero-order valence-corrected chi connectivity index (χ0v) is 12.0. The number of benzene rings is 1. The van der Waals surface area contributed by atoms with E-state index in [4.69, 9.17) is 4.74 Å². The van der Waals surface area contributed by atoms with Crippen LogP contribution in [-0.2, 0) is 20.7 Å². The second kappa shape index (κ2) is 7.73. The lowest BCUT2D eigenvalue weighted by Gasteiger charge is -2.23. The normalized spacial score (nSPS) is 21.6. The van der Waals surface area contributed by atoms with Crippen molar-refractivity contribution in [3.63, 3.8) is 0 Å². The highest BCUT2D eigenvalue weighted by atomic mass is 16.5. The van der Waals surface area contributed by atoms with E-state index in [-0.39, 0.29) is 12.1 Å². The second-order valence-electron chi connectivity index (χ2n) is 5.16. The highest BCUT2D eigenvalue weighted by molar-refractivity contribution is 5.82. The van der Waals surface area contributed by atoms with E-state index >= 15 is 0 Å². The van der Waals surface area contributed by atoms with Gasteiger partial charge in [-0.3, -0.25) is 0 Å². The maximum Gasteiger partial charge on any atom is 0.333 e. The quantitative estimate of drug-likeness (QED) is 0.623. The fourth-order valence-electron chi connectivity index (χ4n) is 2.50. The van der Waals surface area contributed by atoms with Crippen molar-refractivity contribution >= 4 is 5.97 Å². The first-order valence-corrected chi connectivity index (χ1v) is 7.27. The molecule has 1 aliphatic rings. The molecule has 2 rings (SSSR count). The van der Waals surface area contributed by atoms with Crippen molar-refractivity contribution in [2.24, 2.45) is 0 Å². The van der Waals surface area contributed by atoms with Gasteiger partial charge in [-0.1, -0.05) is 36.8 Å². The number of ether oxygens (including phenoxy) is 2. The van der Waals surface area contributed by atoms with Gasteiger partial charge in [-0.05, 0) is 24.8 Å². The van der Waals surface area contributed by atoms with E-state index in [0.717, 1.165) is 31.4 Å². The van der Waals surface area contributed by atoms with Crippen molar-refractivity contribution in [1.29, 1.82) is 0 Å². The summed E-state index contributed by atoms with van der Waals surface area (Å²) in [6.07, 6.45) is 7.82. The molecule has 1 heterocycles. The molecule has 108 valence electrons. The number of hydrogen-bond acceptors (Lipinski definition) is 3. The summed E-state index contributed by atoms with van der Waals surface area (Å²) < 4.78 is 10.7. The predicted molar refractivity (Wildman–Crippen MR) is 78.2 cm³/mol. The maximum atomic E-state index is 11.4. The van der Waals surface area contributed by atoms with Gasteiger partial charge in [-0.15, -0.1) is 0 Å². The highest BCUT2D eigenvalue weighted by Gasteiger charge is 2.16. The standard InChI is InChI=1S/C17H22O3/c1-19-17(18)13-16-11-7-3-6-10-15(20-16)12-14-8-4-2-5-9-14/h2,4-5,8-9,13,15H,3,6-7,10-12H2,1H3/b16-13+. The zero-order valence-electron chi connectivity index (χ0n) is 12.0. The minimum atomic E-state index is -0.334. The Kier molecular flexibility index (Phi) is 5.66. The Hall–Kier alpha value is -1.77. The predicted octanol–water partition coefficient (Wildman–Crippen LogP) is 3.64. The molecule has 3 heteroatoms. The van der Waals surface area contributed by atoms with Gasteiger partial charge in [-0.25, -0.2) is 4.79 Å². The Bertz CT molecular complexity index is 451. The Morgan fingerprint density at radius 1 is 1.30 bits per heavy atom. The Morgan fingerprint density at radius 3 is 2.85 bits per heavy atom. The van der Waals surface area contributed by atoms with Crippen molar-refractivity contribution in [2.75, 3.05) is 7.11 Å². The molecule has 1 unspecified atom stereocenters. The van der Waals surface area contributed by atoms with Crippen LogP contribution in [0.3, 0.4) is 0 Å². The zero-order chi connectivity index (χ0) is 14.2. The first kappa shape index (κ1) is 14.6. The van der Waals surface area contributed by atoms with Crippen LogP contribution in [0.5, 0.6) is 0 Å². The van der Waals surface area contributed by atoms with Gasteiger partial charge in [0.25, 0.3) is 0 Å². The van der Waals surface area contributed by atoms with Crippen LogP contribution >= 0.6 is 0 Å². The molecule has 3 nitrogen and oxygen atoms in total. The molecule has 1 saturated heterocycles. The lowest BCUT2D eigenvalue weighted by atomic mass is 10.00. The molecule has 0 N–H and O–H groups in total. The van der Waals surface area contributed by atoms with Gasteiger partial charge >= 0.3 is 5.97 Å². The van der Waals surface area contributed by atoms with Crippen molar-refractivity contribution in [3.8, 4) is 0 Å². The molecule has 1 aliphatic heterocycles. The average Bonchev–Trinajstić information content (AvgIpc) is 2.44. The number of esters is 1. The minimum absolute atomic E-state index is 0.147. The molecule has 0 bridgehead atoms. The van der Waals surface area contributed by atoms with Crippen molar-refractivity contribution in [3.05, 3.63) is 47.7 Å². The van der Waals surface area contributed by atoms with Gasteiger partial charge in [0.2, 0.25) is 0 Å². The van der Waals surface area contributed by atoms with Crippen LogP contribution in [-0.4, -0.2) is 19.2 Å². The van der Waals surface area contributed by atoms with Crippen LogP contribution in [0.15, 0.2) is 42.2 Å². The smallest absolute Gasteiger partial charge is 0.333 e. The van der Waals surface area contributed by atoms with E-state index in [1.807, 2.05) is 18.2 Å². The Morgan fingerprint density at radius 2 is 2.10 bits per heavy atom. The maximum absolute atomic E-state index is 11.4. The average molecular weight is 274 g/mol. The van der Waals surface area contributed by atoms with Crippen LogP contribution in [0.25, 0.3) is 0 Å². The lowest BCUT2D eigenvalue weighted by Crippen LogP contribution is -2.18. The first-order valence-electron chi connectivity index (χ1n) is 7.27. The van der Waals surface area contributed by atoms with Crippen LogP contribution in [0, 0.1) is 0 Å². The summed E-state index contributed by atoms with van der Waals surface area (Å²) in [6, 6.07) is 10.3. The third-order valence-electron chi connectivity index (χ3n) is 3.55. The molecule has 0 saturated carbocycles. The lowest BCUT2D eigenvalue weighted by molar-refractivity contribution is -0.135. The topological polar surface area (TPSA) is 35.5 Å². The van der Waals surface area contributed by atoms with Crippen molar-refractivity contribution in [1.82, 2.24) is 0 Å². The van der Waals surface area contributed by atoms with Gasteiger partial charge in [0.1, 0.15) is 11.9 Å². The molecule has 1 aromatic rings. The molecule has 0 aromatic heterocycles. The summed E-state index contributed by atoms with van der Waals surface area (Å²) in [6.45, 7) is 0. The van der Waals surface area contributed by atoms with Gasteiger partial charge in [0.05, 0.1) is 13.2 Å². The summed E-state index contributed by atoms with van der Waals surface area (Å²) in [4.78, 5) is 11.4. The number of carbonyl (C=O) groups is 1. The number of allylic oxidation sites excluding steroid dienone is 1. The van der Waals surface area contributed by atoms with E-state index < -0.39 is 0 Å². The Labute approximate surface area is 120 Å². The van der Waals surface area contributed by atoms with E-state index in [1.54, 1.807) is 0 Å². The summed E-state index contributed by atoms with van der Waals surface area (Å²) in [5.74, 6) is 0.427. The van der Waals surface area contributed by atoms with Crippen molar-refractivity contribution < 1.29 is 14.3 Å². The molecule has 0 spiro atoms. The minimum Gasteiger partial charge on any atom is -0.494 e. The molecule has 0 aliphatic carbocycles. The monoisotopic (exact) mass is 274 g/mol. The van der Waals surface area contributed by atoms with Crippen LogP contribution in [0.4, 0.5) is 0 Å². The summed E-state index contributed by atoms with van der Waals surface area (Å²) in [7, 11) is 1.39. The molecule has 1 atom stereocenters. The molecular formula is C17H22O3. The Balaban J connectivity index is 2.02. The van der Waals surface area contributed by atoms with Crippen LogP contribution < -0.4 is 0 Å². The number of hydrogen-bond donors (Lipinski definition) is 0. The molecule has 1 fully saturated rings. The second-order valence-corrected chi connectivity index (χ2v) is 5.16. The van der Waals surface area contributed by atoms with E-state index in [1.165, 1.54) is 31.6 Å². The van der Waals surface area contributed by atoms with Crippen molar-refractivity contribution in [2.45, 2.75) is 44.6 Å². The van der Waals surface area contributed by atoms with Gasteiger partial charge in [0.15, 0.2) is 0 Å². The van der Waals surface area contributed by atoms with Crippen LogP contribution in [0.1, 0.15) is 37.7 Å². The van der Waals surface area contributed by atoms with E-state index in [2.05, 4.69) is 16.9 Å². The fourth-order valence-corrected chi connectivity index (χ4v) is 2.50. The van der Waals surface area contributed by atoms with Gasteiger partial charge in [-0.2, -0.15) is 0 Å². The molecule has 1 aromatic carbocycles. The molecular weight excluding hydrogens is 252 g/mol. The highest BCUT2D eigenvalue weighted by Crippen LogP contribution is 2.23. The van der Waals surface area contributed by atoms with Gasteiger partial charge < -0.3 is 9.47 Å². The van der Waals surface area contributed by atoms with Gasteiger partial charge in [0, 0.05) is 12.8 Å². The number of carbonyl (C=O) groups excluding carboxylic acids is 1.